The number of nitrogens with one attached hydrogen (secondary N) is 1. The van der Waals surface area contributed by atoms with E-state index in [-0.39, 0.29) is 18.4 Å². The predicted molar refractivity (Wildman–Crippen MR) is 81.2 cm³/mol. The van der Waals surface area contributed by atoms with Crippen LogP contribution < -0.4 is 11.1 Å². The molecule has 4 heteroatoms. The van der Waals surface area contributed by atoms with Gasteiger partial charge in [-0.2, -0.15) is 5.26 Å². The zero-order valence-corrected chi connectivity index (χ0v) is 11.6. The maximum absolute atomic E-state index is 12.2. The second kappa shape index (κ2) is 7.22. The first kappa shape index (κ1) is 14.8. The first-order valence-corrected chi connectivity index (χ1v) is 6.76. The minimum atomic E-state index is -0.356. The highest BCUT2D eigenvalue weighted by molar-refractivity contribution is 5.83. The average Bonchev–Trinajstić information content (AvgIpc) is 2.55. The zero-order chi connectivity index (χ0) is 15.1. The normalized spacial score (nSPS) is 11.4. The van der Waals surface area contributed by atoms with E-state index in [1.54, 1.807) is 18.2 Å². The van der Waals surface area contributed by atoms with Crippen LogP contribution >= 0.6 is 0 Å². The van der Waals surface area contributed by atoms with Crippen molar-refractivity contribution in [3.63, 3.8) is 0 Å². The van der Waals surface area contributed by atoms with Gasteiger partial charge in [-0.15, -0.1) is 0 Å². The van der Waals surface area contributed by atoms with E-state index in [4.69, 9.17) is 11.0 Å². The molecule has 3 N–H and O–H groups in total. The molecule has 0 aliphatic carbocycles. The van der Waals surface area contributed by atoms with Crippen molar-refractivity contribution in [2.75, 3.05) is 6.54 Å². The molecule has 1 atom stereocenters. The maximum atomic E-state index is 12.2. The molecule has 21 heavy (non-hydrogen) atoms. The Morgan fingerprint density at radius 3 is 2.62 bits per heavy atom. The van der Waals surface area contributed by atoms with Gasteiger partial charge in [0.25, 0.3) is 0 Å². The van der Waals surface area contributed by atoms with Crippen molar-refractivity contribution < 1.29 is 4.79 Å². The first-order valence-electron chi connectivity index (χ1n) is 6.76. The highest BCUT2D eigenvalue weighted by Gasteiger charge is 2.18. The molecule has 4 nitrogen and oxygen atoms in total. The van der Waals surface area contributed by atoms with Crippen LogP contribution in [0.2, 0.25) is 0 Å². The van der Waals surface area contributed by atoms with Gasteiger partial charge in [0.2, 0.25) is 5.91 Å². The van der Waals surface area contributed by atoms with Gasteiger partial charge in [-0.25, -0.2) is 0 Å². The standard InChI is InChI=1S/C17H17N3O/c18-10-13-5-4-6-14(9-13)12-20-17(21)16(11-19)15-7-2-1-3-8-15/h1-9,16H,11-12,19H2,(H,20,21). The summed E-state index contributed by atoms with van der Waals surface area (Å²) < 4.78 is 0. The molecular formula is C17H17N3O. The lowest BCUT2D eigenvalue weighted by Gasteiger charge is -2.15. The molecule has 2 aromatic rings. The van der Waals surface area contributed by atoms with Gasteiger partial charge in [0.05, 0.1) is 17.6 Å². The van der Waals surface area contributed by atoms with E-state index in [0.29, 0.717) is 12.1 Å². The molecular weight excluding hydrogens is 262 g/mol. The fraction of sp³-hybridized carbons (Fsp3) is 0.176. The Kier molecular flexibility index (Phi) is 5.08. The molecule has 0 saturated heterocycles. The van der Waals surface area contributed by atoms with Crippen LogP contribution in [0.4, 0.5) is 0 Å². The third-order valence-corrected chi connectivity index (χ3v) is 3.28. The van der Waals surface area contributed by atoms with Gasteiger partial charge in [-0.05, 0) is 23.3 Å². The van der Waals surface area contributed by atoms with Crippen LogP contribution in [-0.2, 0) is 11.3 Å². The third kappa shape index (κ3) is 3.91. The topological polar surface area (TPSA) is 78.9 Å². The largest absolute Gasteiger partial charge is 0.351 e. The number of carbonyl (C=O) groups is 1. The summed E-state index contributed by atoms with van der Waals surface area (Å²) in [7, 11) is 0. The minimum Gasteiger partial charge on any atom is -0.351 e. The van der Waals surface area contributed by atoms with Gasteiger partial charge in [-0.1, -0.05) is 42.5 Å². The number of benzene rings is 2. The highest BCUT2D eigenvalue weighted by atomic mass is 16.1. The second-order valence-electron chi connectivity index (χ2n) is 4.73. The molecule has 0 spiro atoms. The molecule has 106 valence electrons. The average molecular weight is 279 g/mol. The van der Waals surface area contributed by atoms with E-state index in [0.717, 1.165) is 11.1 Å². The van der Waals surface area contributed by atoms with Crippen LogP contribution in [0.25, 0.3) is 0 Å². The Balaban J connectivity index is 2.02. The summed E-state index contributed by atoms with van der Waals surface area (Å²) in [4.78, 5) is 12.2. The molecule has 1 amide bonds. The molecule has 0 aliphatic rings. The monoisotopic (exact) mass is 279 g/mol. The first-order chi connectivity index (χ1) is 10.2. The Bertz CT molecular complexity index is 647. The SMILES string of the molecule is N#Cc1cccc(CNC(=O)C(CN)c2ccccc2)c1. The van der Waals surface area contributed by atoms with E-state index < -0.39 is 0 Å². The smallest absolute Gasteiger partial charge is 0.229 e. The van der Waals surface area contributed by atoms with Crippen molar-refractivity contribution in [3.05, 3.63) is 71.3 Å². The summed E-state index contributed by atoms with van der Waals surface area (Å²) >= 11 is 0. The molecule has 0 fully saturated rings. The fourth-order valence-electron chi connectivity index (χ4n) is 2.14. The summed E-state index contributed by atoms with van der Waals surface area (Å²) in [6.07, 6.45) is 0. The molecule has 0 saturated carbocycles. The number of nitrogens with two attached hydrogens (primary N) is 1. The van der Waals surface area contributed by atoms with Gasteiger partial charge in [0.1, 0.15) is 0 Å². The molecule has 0 bridgehead atoms. The maximum Gasteiger partial charge on any atom is 0.229 e. The van der Waals surface area contributed by atoms with Crippen molar-refractivity contribution in [1.29, 1.82) is 5.26 Å². The van der Waals surface area contributed by atoms with Gasteiger partial charge < -0.3 is 11.1 Å². The molecule has 0 radical (unpaired) electrons. The lowest BCUT2D eigenvalue weighted by atomic mass is 9.98. The highest BCUT2D eigenvalue weighted by Crippen LogP contribution is 2.14. The molecule has 0 aromatic heterocycles. The van der Waals surface area contributed by atoms with Crippen LogP contribution in [0.1, 0.15) is 22.6 Å². The van der Waals surface area contributed by atoms with Crippen LogP contribution in [-0.4, -0.2) is 12.5 Å². The second-order valence-corrected chi connectivity index (χ2v) is 4.73. The number of rotatable bonds is 5. The van der Waals surface area contributed by atoms with Gasteiger partial charge in [0, 0.05) is 13.1 Å². The van der Waals surface area contributed by atoms with E-state index in [2.05, 4.69) is 11.4 Å². The van der Waals surface area contributed by atoms with E-state index in [9.17, 15) is 4.79 Å². The number of hydrogen-bond donors (Lipinski definition) is 2. The summed E-state index contributed by atoms with van der Waals surface area (Å²) in [5.41, 5.74) is 8.10. The Labute approximate surface area is 124 Å². The van der Waals surface area contributed by atoms with E-state index in [1.165, 1.54) is 0 Å². The minimum absolute atomic E-state index is 0.105. The summed E-state index contributed by atoms with van der Waals surface area (Å²) in [5.74, 6) is -0.462. The fourth-order valence-corrected chi connectivity index (χ4v) is 2.14. The van der Waals surface area contributed by atoms with Crippen LogP contribution in [0, 0.1) is 11.3 Å². The van der Waals surface area contributed by atoms with Crippen molar-refractivity contribution in [2.45, 2.75) is 12.5 Å². The van der Waals surface area contributed by atoms with Gasteiger partial charge in [-0.3, -0.25) is 4.79 Å². The molecule has 1 unspecified atom stereocenters. The predicted octanol–water partition coefficient (Wildman–Crippen LogP) is 1.92. The number of nitrogens with zero attached hydrogens (tertiary/aromatic N) is 1. The molecule has 2 aromatic carbocycles. The van der Waals surface area contributed by atoms with E-state index >= 15 is 0 Å². The van der Waals surface area contributed by atoms with E-state index in [1.807, 2.05) is 36.4 Å². The summed E-state index contributed by atoms with van der Waals surface area (Å²) in [6.45, 7) is 0.645. The molecule has 2 rings (SSSR count). The molecule has 0 aliphatic heterocycles. The number of amides is 1. The number of nitriles is 1. The van der Waals surface area contributed by atoms with Gasteiger partial charge >= 0.3 is 0 Å². The zero-order valence-electron chi connectivity index (χ0n) is 11.6. The van der Waals surface area contributed by atoms with Gasteiger partial charge in [0.15, 0.2) is 0 Å². The Morgan fingerprint density at radius 1 is 1.19 bits per heavy atom. The van der Waals surface area contributed by atoms with Crippen LogP contribution in [0.15, 0.2) is 54.6 Å². The number of carbonyl (C=O) groups excluding carboxylic acids is 1. The van der Waals surface area contributed by atoms with Crippen molar-refractivity contribution in [2.24, 2.45) is 5.73 Å². The summed E-state index contributed by atoms with van der Waals surface area (Å²) in [6, 6.07) is 18.7. The summed E-state index contributed by atoms with van der Waals surface area (Å²) in [5, 5.41) is 11.7. The van der Waals surface area contributed by atoms with Crippen molar-refractivity contribution in [3.8, 4) is 6.07 Å². The third-order valence-electron chi connectivity index (χ3n) is 3.28. The quantitative estimate of drug-likeness (QED) is 0.877. The van der Waals surface area contributed by atoms with Crippen molar-refractivity contribution >= 4 is 5.91 Å². The number of hydrogen-bond acceptors (Lipinski definition) is 3. The van der Waals surface area contributed by atoms with Crippen LogP contribution in [0.5, 0.6) is 0 Å². The molecule has 0 heterocycles. The Morgan fingerprint density at radius 2 is 1.95 bits per heavy atom. The Hall–Kier alpha value is -2.64. The lowest BCUT2D eigenvalue weighted by Crippen LogP contribution is -2.33. The van der Waals surface area contributed by atoms with Crippen LogP contribution in [0.3, 0.4) is 0 Å². The lowest BCUT2D eigenvalue weighted by molar-refractivity contribution is -0.122. The van der Waals surface area contributed by atoms with Crippen molar-refractivity contribution in [1.82, 2.24) is 5.32 Å².